The van der Waals surface area contributed by atoms with Gasteiger partial charge in [0, 0.05) is 52.2 Å². The van der Waals surface area contributed by atoms with Gasteiger partial charge in [0.2, 0.25) is 0 Å². The molecule has 0 saturated carbocycles. The third-order valence-corrected chi connectivity index (χ3v) is 4.06. The maximum absolute atomic E-state index is 12.4. The zero-order valence-corrected chi connectivity index (χ0v) is 11.9. The van der Waals surface area contributed by atoms with E-state index in [1.54, 1.807) is 10.9 Å². The molecule has 2 aliphatic rings. The third-order valence-electron chi connectivity index (χ3n) is 4.06. The van der Waals surface area contributed by atoms with Gasteiger partial charge in [-0.3, -0.25) is 9.69 Å². The molecule has 2 aliphatic heterocycles. The molecule has 0 unspecified atom stereocenters. The Kier molecular flexibility index (Phi) is 4.13. The van der Waals surface area contributed by atoms with Crippen LogP contribution in [0.25, 0.3) is 0 Å². The van der Waals surface area contributed by atoms with Crippen LogP contribution < -0.4 is 5.32 Å². The third kappa shape index (κ3) is 3.04. The molecule has 0 atom stereocenters. The van der Waals surface area contributed by atoms with Crippen LogP contribution in [0.3, 0.4) is 0 Å². The molecule has 21 heavy (non-hydrogen) atoms. The fourth-order valence-electron chi connectivity index (χ4n) is 2.56. The van der Waals surface area contributed by atoms with Crippen molar-refractivity contribution in [1.29, 1.82) is 5.26 Å². The number of carbonyl (C=O) groups excluding carboxylic acids is 1. The van der Waals surface area contributed by atoms with Gasteiger partial charge in [-0.25, -0.2) is 4.68 Å². The molecule has 1 amide bonds. The summed E-state index contributed by atoms with van der Waals surface area (Å²) in [4.78, 5) is 16.4. The number of amides is 1. The second kappa shape index (κ2) is 6.20. The highest BCUT2D eigenvalue weighted by Gasteiger charge is 2.26. The van der Waals surface area contributed by atoms with Crippen molar-refractivity contribution in [1.82, 2.24) is 30.1 Å². The maximum Gasteiger partial charge on any atom is 0.276 e. The molecule has 1 aromatic heterocycles. The van der Waals surface area contributed by atoms with Crippen LogP contribution in [-0.2, 0) is 0 Å². The predicted octanol–water partition coefficient (Wildman–Crippen LogP) is -0.906. The summed E-state index contributed by atoms with van der Waals surface area (Å²) in [6.07, 6.45) is 2.29. The lowest BCUT2D eigenvalue weighted by molar-refractivity contribution is 0.0634. The van der Waals surface area contributed by atoms with E-state index in [9.17, 15) is 4.79 Å². The summed E-state index contributed by atoms with van der Waals surface area (Å²) in [6.45, 7) is 5.54. The molecule has 8 nitrogen and oxygen atoms in total. The number of rotatable bonds is 4. The summed E-state index contributed by atoms with van der Waals surface area (Å²) in [5.41, 5.74) is 0.423. The molecule has 0 spiro atoms. The molecule has 3 heterocycles. The Bertz CT molecular complexity index is 537. The summed E-state index contributed by atoms with van der Waals surface area (Å²) in [6, 6.07) is 2.47. The number of piperazine rings is 1. The van der Waals surface area contributed by atoms with E-state index in [2.05, 4.69) is 26.6 Å². The first-order chi connectivity index (χ1) is 10.3. The van der Waals surface area contributed by atoms with E-state index in [1.165, 1.54) is 0 Å². The average molecular weight is 289 g/mol. The molecule has 2 saturated heterocycles. The minimum atomic E-state index is -0.0477. The fraction of sp³-hybridized carbons (Fsp3) is 0.692. The fourth-order valence-corrected chi connectivity index (χ4v) is 2.56. The first-order valence-corrected chi connectivity index (χ1v) is 7.29. The Morgan fingerprint density at radius 1 is 1.38 bits per heavy atom. The van der Waals surface area contributed by atoms with Crippen molar-refractivity contribution < 1.29 is 4.79 Å². The van der Waals surface area contributed by atoms with Crippen LogP contribution in [0, 0.1) is 11.3 Å². The summed E-state index contributed by atoms with van der Waals surface area (Å²) >= 11 is 0. The van der Waals surface area contributed by atoms with E-state index in [0.717, 1.165) is 32.7 Å². The molecule has 1 N–H and O–H groups in total. The van der Waals surface area contributed by atoms with E-state index in [-0.39, 0.29) is 5.91 Å². The summed E-state index contributed by atoms with van der Waals surface area (Å²) < 4.78 is 1.77. The number of nitriles is 1. The Balaban J connectivity index is 1.54. The summed E-state index contributed by atoms with van der Waals surface area (Å²) in [7, 11) is 0. The van der Waals surface area contributed by atoms with Crippen LogP contribution in [0.15, 0.2) is 6.20 Å². The van der Waals surface area contributed by atoms with Crippen LogP contribution in [0.4, 0.5) is 0 Å². The standard InChI is InChI=1S/C13H19N7O/c14-2-1-3-18-4-6-19(7-5-18)13(21)12-10-20(17-16-12)11-8-15-9-11/h10-11,15H,1,3-9H2. The van der Waals surface area contributed by atoms with Gasteiger partial charge in [0.15, 0.2) is 5.69 Å². The van der Waals surface area contributed by atoms with Crippen molar-refractivity contribution in [2.75, 3.05) is 45.8 Å². The molecule has 112 valence electrons. The van der Waals surface area contributed by atoms with Crippen LogP contribution in [0.2, 0.25) is 0 Å². The van der Waals surface area contributed by atoms with E-state index in [0.29, 0.717) is 31.2 Å². The van der Waals surface area contributed by atoms with E-state index in [4.69, 9.17) is 5.26 Å². The van der Waals surface area contributed by atoms with Crippen molar-refractivity contribution in [3.63, 3.8) is 0 Å². The largest absolute Gasteiger partial charge is 0.335 e. The van der Waals surface area contributed by atoms with Crippen molar-refractivity contribution in [2.45, 2.75) is 12.5 Å². The lowest BCUT2D eigenvalue weighted by atomic mass is 10.2. The van der Waals surface area contributed by atoms with Gasteiger partial charge in [-0.05, 0) is 0 Å². The van der Waals surface area contributed by atoms with Gasteiger partial charge in [0.25, 0.3) is 5.91 Å². The van der Waals surface area contributed by atoms with E-state index >= 15 is 0 Å². The summed E-state index contributed by atoms with van der Waals surface area (Å²) in [5.74, 6) is -0.0477. The lowest BCUT2D eigenvalue weighted by Crippen LogP contribution is -2.48. The van der Waals surface area contributed by atoms with Crippen LogP contribution >= 0.6 is 0 Å². The van der Waals surface area contributed by atoms with Crippen molar-refractivity contribution >= 4 is 5.91 Å². The molecule has 0 aliphatic carbocycles. The molecular formula is C13H19N7O. The smallest absolute Gasteiger partial charge is 0.276 e. The monoisotopic (exact) mass is 289 g/mol. The number of nitrogens with zero attached hydrogens (tertiary/aromatic N) is 6. The van der Waals surface area contributed by atoms with Gasteiger partial charge >= 0.3 is 0 Å². The van der Waals surface area contributed by atoms with Gasteiger partial charge in [0.05, 0.1) is 18.3 Å². The molecule has 8 heteroatoms. The minimum absolute atomic E-state index is 0.0477. The van der Waals surface area contributed by atoms with E-state index < -0.39 is 0 Å². The van der Waals surface area contributed by atoms with E-state index in [1.807, 2.05) is 4.90 Å². The highest BCUT2D eigenvalue weighted by atomic mass is 16.2. The molecule has 2 fully saturated rings. The van der Waals surface area contributed by atoms with Crippen LogP contribution in [-0.4, -0.2) is 76.5 Å². The quantitative estimate of drug-likeness (QED) is 0.772. The summed E-state index contributed by atoms with van der Waals surface area (Å²) in [5, 5.41) is 19.8. The zero-order valence-electron chi connectivity index (χ0n) is 11.9. The van der Waals surface area contributed by atoms with Crippen molar-refractivity contribution in [3.05, 3.63) is 11.9 Å². The van der Waals surface area contributed by atoms with Gasteiger partial charge < -0.3 is 10.2 Å². The van der Waals surface area contributed by atoms with Gasteiger partial charge in [0.1, 0.15) is 0 Å². The first-order valence-electron chi connectivity index (χ1n) is 7.29. The van der Waals surface area contributed by atoms with Gasteiger partial charge in [-0.1, -0.05) is 5.21 Å². The van der Waals surface area contributed by atoms with Gasteiger partial charge in [-0.15, -0.1) is 5.10 Å². The number of aromatic nitrogens is 3. The molecular weight excluding hydrogens is 270 g/mol. The highest BCUT2D eigenvalue weighted by Crippen LogP contribution is 2.12. The average Bonchev–Trinajstić information content (AvgIpc) is 2.92. The first kappa shape index (κ1) is 14.0. The molecule has 1 aromatic rings. The van der Waals surface area contributed by atoms with Crippen molar-refractivity contribution in [2.24, 2.45) is 0 Å². The lowest BCUT2D eigenvalue weighted by Gasteiger charge is -2.33. The normalized spacial score (nSPS) is 20.0. The Hall–Kier alpha value is -1.98. The van der Waals surface area contributed by atoms with Crippen LogP contribution in [0.1, 0.15) is 23.0 Å². The molecule has 0 aromatic carbocycles. The number of carbonyl (C=O) groups is 1. The highest BCUT2D eigenvalue weighted by molar-refractivity contribution is 5.92. The molecule has 3 rings (SSSR count). The number of nitrogens with one attached hydrogen (secondary N) is 1. The number of hydrogen-bond acceptors (Lipinski definition) is 6. The minimum Gasteiger partial charge on any atom is -0.335 e. The number of hydrogen-bond donors (Lipinski definition) is 1. The maximum atomic E-state index is 12.4. The second-order valence-electron chi connectivity index (χ2n) is 5.44. The van der Waals surface area contributed by atoms with Gasteiger partial charge in [-0.2, -0.15) is 5.26 Å². The SMILES string of the molecule is N#CCCN1CCN(C(=O)c2cn(C3CNC3)nn2)CC1. The second-order valence-corrected chi connectivity index (χ2v) is 5.44. The Labute approximate surface area is 123 Å². The van der Waals surface area contributed by atoms with Crippen molar-refractivity contribution in [3.8, 4) is 6.07 Å². The Morgan fingerprint density at radius 3 is 2.76 bits per heavy atom. The van der Waals surface area contributed by atoms with Crippen LogP contribution in [0.5, 0.6) is 0 Å². The topological polar surface area (TPSA) is 90.1 Å². The Morgan fingerprint density at radius 2 is 2.14 bits per heavy atom. The molecule has 0 radical (unpaired) electrons. The zero-order chi connectivity index (χ0) is 14.7. The molecule has 0 bridgehead atoms. The predicted molar refractivity (Wildman–Crippen MR) is 74.5 cm³/mol.